The highest BCUT2D eigenvalue weighted by atomic mass is 19.4. The second-order valence-corrected chi connectivity index (χ2v) is 15.7. The van der Waals surface area contributed by atoms with E-state index in [9.17, 15) is 35.1 Å². The summed E-state index contributed by atoms with van der Waals surface area (Å²) in [5.74, 6) is 1.27. The van der Waals surface area contributed by atoms with E-state index in [0.29, 0.717) is 59.7 Å². The van der Waals surface area contributed by atoms with Gasteiger partial charge >= 0.3 is 12.7 Å². The molecule has 68 heavy (non-hydrogen) atoms. The molecule has 10 rings (SSSR count). The van der Waals surface area contributed by atoms with Crippen LogP contribution in [0.2, 0.25) is 0 Å². The zero-order valence-electron chi connectivity index (χ0n) is 35.8. The first kappa shape index (κ1) is 45.2. The fourth-order valence-electron chi connectivity index (χ4n) is 7.97. The van der Waals surface area contributed by atoms with Crippen LogP contribution in [0.1, 0.15) is 71.9 Å². The second-order valence-electron chi connectivity index (χ2n) is 15.7. The van der Waals surface area contributed by atoms with Gasteiger partial charge in [-0.3, -0.25) is 0 Å². The molecule has 8 aromatic rings. The van der Waals surface area contributed by atoms with Crippen molar-refractivity contribution >= 4 is 23.3 Å². The summed E-state index contributed by atoms with van der Waals surface area (Å²) in [6, 6.07) is 20.7. The Morgan fingerprint density at radius 3 is 1.28 bits per heavy atom. The standard InChI is InChI=1S/2C22H19F4N7O/c2*1-13-27-12-33(30-13)19-9-6-15(11-18(19)23)28-21-29-20-17(3-2-10-32(20)31-21)14-4-7-16(8-5-14)34-22(24,25)26/h2*4-9,11-12,17H,2-3,10H2,1H3,(H,28,31)/t2*17-/m10/s1. The Morgan fingerprint density at radius 1 is 0.544 bits per heavy atom. The second kappa shape index (κ2) is 18.4. The van der Waals surface area contributed by atoms with Crippen molar-refractivity contribution in [1.82, 2.24) is 59.1 Å². The largest absolute Gasteiger partial charge is 0.573 e. The van der Waals surface area contributed by atoms with Gasteiger partial charge in [0.2, 0.25) is 11.9 Å². The Balaban J connectivity index is 0.000000170. The Kier molecular flexibility index (Phi) is 12.2. The molecule has 0 saturated carbocycles. The monoisotopic (exact) mass is 946 g/mol. The van der Waals surface area contributed by atoms with Crippen molar-refractivity contribution in [3.05, 3.63) is 144 Å². The number of aromatic nitrogens is 12. The summed E-state index contributed by atoms with van der Waals surface area (Å²) in [4.78, 5) is 17.2. The number of nitrogens with one attached hydrogen (secondary N) is 2. The van der Waals surface area contributed by atoms with Gasteiger partial charge in [-0.1, -0.05) is 24.3 Å². The molecule has 0 spiro atoms. The smallest absolute Gasteiger partial charge is 0.406 e. The van der Waals surface area contributed by atoms with Crippen LogP contribution < -0.4 is 20.1 Å². The highest BCUT2D eigenvalue weighted by molar-refractivity contribution is 5.57. The first-order valence-electron chi connectivity index (χ1n) is 21.0. The Morgan fingerprint density at radius 2 is 0.941 bits per heavy atom. The van der Waals surface area contributed by atoms with Gasteiger partial charge in [-0.15, -0.1) is 36.5 Å². The maximum absolute atomic E-state index is 14.6. The third-order valence-electron chi connectivity index (χ3n) is 10.9. The third kappa shape index (κ3) is 10.5. The first-order chi connectivity index (χ1) is 32.5. The number of alkyl halides is 6. The Labute approximate surface area is 380 Å². The number of ether oxygens (including phenoxy) is 2. The van der Waals surface area contributed by atoms with Gasteiger partial charge in [0.15, 0.2) is 11.6 Å². The fourth-order valence-corrected chi connectivity index (χ4v) is 7.97. The minimum absolute atomic E-state index is 0.133. The predicted molar refractivity (Wildman–Crippen MR) is 227 cm³/mol. The average Bonchev–Trinajstić information content (AvgIpc) is 4.10. The summed E-state index contributed by atoms with van der Waals surface area (Å²) in [6.45, 7) is 4.76. The lowest BCUT2D eigenvalue weighted by Gasteiger charge is -2.22. The van der Waals surface area contributed by atoms with E-state index in [0.717, 1.165) is 36.8 Å². The Hall–Kier alpha value is -7.92. The lowest BCUT2D eigenvalue weighted by molar-refractivity contribution is -0.275. The molecule has 16 nitrogen and oxygen atoms in total. The molecule has 352 valence electrons. The van der Waals surface area contributed by atoms with Crippen LogP contribution in [0.5, 0.6) is 11.5 Å². The van der Waals surface area contributed by atoms with Crippen molar-refractivity contribution in [2.75, 3.05) is 10.6 Å². The summed E-state index contributed by atoms with van der Waals surface area (Å²) in [6.07, 6.45) is -3.38. The number of rotatable bonds is 10. The summed E-state index contributed by atoms with van der Waals surface area (Å²) < 4.78 is 118. The topological polar surface area (TPSA) is 165 Å². The molecule has 0 aliphatic carbocycles. The quantitative estimate of drug-likeness (QED) is 0.125. The van der Waals surface area contributed by atoms with Gasteiger partial charge in [-0.2, -0.15) is 20.2 Å². The van der Waals surface area contributed by atoms with Gasteiger partial charge in [-0.25, -0.2) is 37.5 Å². The van der Waals surface area contributed by atoms with Crippen LogP contribution in [0.3, 0.4) is 0 Å². The molecule has 0 radical (unpaired) electrons. The van der Waals surface area contributed by atoms with Gasteiger partial charge < -0.3 is 20.1 Å². The van der Waals surface area contributed by atoms with Gasteiger partial charge in [0.25, 0.3) is 0 Å². The molecule has 2 aliphatic rings. The van der Waals surface area contributed by atoms with Crippen LogP contribution in [-0.2, 0) is 13.1 Å². The number of nitrogens with zero attached hydrogens (tertiary/aromatic N) is 12. The van der Waals surface area contributed by atoms with Crippen LogP contribution in [0.4, 0.5) is 58.4 Å². The lowest BCUT2D eigenvalue weighted by atomic mass is 9.91. The molecule has 0 amide bonds. The summed E-state index contributed by atoms with van der Waals surface area (Å²) in [5, 5.41) is 23.2. The highest BCUT2D eigenvalue weighted by Gasteiger charge is 2.33. The fraction of sp³-hybridized carbons (Fsp3) is 0.273. The van der Waals surface area contributed by atoms with E-state index < -0.39 is 24.4 Å². The summed E-state index contributed by atoms with van der Waals surface area (Å²) in [7, 11) is 0. The van der Waals surface area contributed by atoms with E-state index in [4.69, 9.17) is 0 Å². The van der Waals surface area contributed by atoms with Gasteiger partial charge in [0.1, 0.15) is 58.8 Å². The predicted octanol–water partition coefficient (Wildman–Crippen LogP) is 9.75. The number of halogens is 8. The normalized spacial score (nSPS) is 15.7. The lowest BCUT2D eigenvalue weighted by Crippen LogP contribution is -2.18. The minimum Gasteiger partial charge on any atom is -0.406 e. The zero-order valence-corrected chi connectivity index (χ0v) is 35.8. The molecule has 4 aromatic heterocycles. The number of anilines is 4. The number of hydrogen-bond acceptors (Lipinski definition) is 12. The number of fused-ring (bicyclic) bond motifs is 2. The average molecular weight is 947 g/mol. The molecule has 0 saturated heterocycles. The van der Waals surface area contributed by atoms with Gasteiger partial charge in [-0.05, 0) is 111 Å². The van der Waals surface area contributed by atoms with Crippen LogP contribution in [-0.4, -0.2) is 71.8 Å². The molecule has 0 bridgehead atoms. The molecular formula is C44H38F8N14O2. The number of hydrogen-bond donors (Lipinski definition) is 2. The maximum Gasteiger partial charge on any atom is 0.573 e. The van der Waals surface area contributed by atoms with Crippen molar-refractivity contribution in [3.63, 3.8) is 0 Å². The Bertz CT molecular complexity index is 2830. The number of aryl methyl sites for hydroxylation is 4. The molecule has 0 unspecified atom stereocenters. The van der Waals surface area contributed by atoms with E-state index in [2.05, 4.69) is 60.4 Å². The van der Waals surface area contributed by atoms with Crippen LogP contribution in [0.15, 0.2) is 97.6 Å². The van der Waals surface area contributed by atoms with Crippen LogP contribution in [0, 0.1) is 25.5 Å². The van der Waals surface area contributed by atoms with E-state index >= 15 is 0 Å². The molecule has 6 heterocycles. The van der Waals surface area contributed by atoms with Crippen LogP contribution in [0.25, 0.3) is 11.4 Å². The van der Waals surface area contributed by atoms with Crippen LogP contribution >= 0.6 is 0 Å². The molecule has 4 aromatic carbocycles. The molecule has 2 atom stereocenters. The van der Waals surface area contributed by atoms with Crippen molar-refractivity contribution in [3.8, 4) is 22.9 Å². The van der Waals surface area contributed by atoms with E-state index in [1.807, 2.05) is 0 Å². The SMILES string of the molecule is Cc1ncn(-c2ccc(Nc3nc4n(n3)CCC[C@@H]4c3ccc(OC(F)(F)F)cc3)cc2F)n1.Cc1ncn(-c2ccc(Nc3nc4n(n3)CCC[C@H]4c3ccc(OC(F)(F)F)cc3)cc2F)n1. The molecule has 2 N–H and O–H groups in total. The number of benzene rings is 4. The maximum atomic E-state index is 14.6. The highest BCUT2D eigenvalue weighted by Crippen LogP contribution is 2.37. The molecule has 2 aliphatic heterocycles. The van der Waals surface area contributed by atoms with Crippen molar-refractivity contribution in [1.29, 1.82) is 0 Å². The van der Waals surface area contributed by atoms with E-state index in [-0.39, 0.29) is 34.7 Å². The van der Waals surface area contributed by atoms with Gasteiger partial charge in [0, 0.05) is 36.3 Å². The third-order valence-corrected chi connectivity index (χ3v) is 10.9. The van der Waals surface area contributed by atoms with Crippen molar-refractivity contribution in [2.45, 2.75) is 77.2 Å². The zero-order chi connectivity index (χ0) is 47.7. The molecular weight excluding hydrogens is 909 g/mol. The molecule has 24 heteroatoms. The minimum atomic E-state index is -4.74. The molecule has 0 fully saturated rings. The van der Waals surface area contributed by atoms with Crippen molar-refractivity contribution in [2.24, 2.45) is 0 Å². The van der Waals surface area contributed by atoms with Crippen molar-refractivity contribution < 1.29 is 44.6 Å². The summed E-state index contributed by atoms with van der Waals surface area (Å²) in [5.41, 5.74) is 3.08. The van der Waals surface area contributed by atoms with E-state index in [1.165, 1.54) is 58.4 Å². The summed E-state index contributed by atoms with van der Waals surface area (Å²) >= 11 is 0. The van der Waals surface area contributed by atoms with E-state index in [1.54, 1.807) is 71.7 Å². The van der Waals surface area contributed by atoms with Gasteiger partial charge in [0.05, 0.1) is 0 Å². The first-order valence-corrected chi connectivity index (χ1v) is 21.0.